The monoisotopic (exact) mass is 369 g/mol. The first-order valence-corrected chi connectivity index (χ1v) is 10.4. The van der Waals surface area contributed by atoms with E-state index in [0.717, 1.165) is 38.8 Å². The summed E-state index contributed by atoms with van der Waals surface area (Å²) in [5, 5.41) is 9.01. The number of carbonyl (C=O) groups is 2. The van der Waals surface area contributed by atoms with Gasteiger partial charge in [-0.05, 0) is 37.6 Å². The van der Waals surface area contributed by atoms with Crippen LogP contribution in [-0.2, 0) is 14.3 Å². The summed E-state index contributed by atoms with van der Waals surface area (Å²) in [6, 6.07) is 0. The highest BCUT2D eigenvalue weighted by molar-refractivity contribution is 5.80. The molecule has 26 heavy (non-hydrogen) atoms. The summed E-state index contributed by atoms with van der Waals surface area (Å²) >= 11 is 0. The molecule has 0 aromatic heterocycles. The number of aliphatic carboxylic acids is 1. The van der Waals surface area contributed by atoms with Crippen molar-refractivity contribution in [1.82, 2.24) is 4.90 Å². The molecule has 0 radical (unpaired) electrons. The van der Waals surface area contributed by atoms with E-state index in [9.17, 15) is 9.59 Å². The van der Waals surface area contributed by atoms with Gasteiger partial charge in [-0.25, -0.2) is 0 Å². The molecule has 0 aromatic carbocycles. The van der Waals surface area contributed by atoms with E-state index in [1.165, 1.54) is 6.42 Å². The van der Waals surface area contributed by atoms with Crippen molar-refractivity contribution in [2.45, 2.75) is 66.2 Å². The predicted octanol–water partition coefficient (Wildman–Crippen LogP) is 3.86. The molecular weight excluding hydrogens is 330 g/mol. The van der Waals surface area contributed by atoms with E-state index >= 15 is 0 Å². The van der Waals surface area contributed by atoms with Crippen LogP contribution in [0.2, 0.25) is 0 Å². The molecule has 1 aliphatic rings. The third kappa shape index (κ3) is 9.13. The molecule has 4 atom stereocenters. The molecule has 4 unspecified atom stereocenters. The number of rotatable bonds is 14. The average molecular weight is 370 g/mol. The van der Waals surface area contributed by atoms with E-state index in [0.29, 0.717) is 37.9 Å². The summed E-state index contributed by atoms with van der Waals surface area (Å²) in [5.74, 6) is 0.596. The number of hydrogen-bond donors (Lipinski definition) is 1. The van der Waals surface area contributed by atoms with E-state index in [4.69, 9.17) is 9.84 Å². The zero-order valence-corrected chi connectivity index (χ0v) is 17.2. The van der Waals surface area contributed by atoms with Gasteiger partial charge in [0.2, 0.25) is 0 Å². The summed E-state index contributed by atoms with van der Waals surface area (Å²) < 4.78 is 5.73. The molecule has 1 heterocycles. The van der Waals surface area contributed by atoms with Crippen LogP contribution in [0.5, 0.6) is 0 Å². The smallest absolute Gasteiger partial charge is 0.307 e. The number of likely N-dealkylation sites (tertiary alicyclic amines) is 1. The van der Waals surface area contributed by atoms with Crippen molar-refractivity contribution in [1.29, 1.82) is 0 Å². The van der Waals surface area contributed by atoms with Crippen LogP contribution in [0, 0.1) is 23.7 Å². The summed E-state index contributed by atoms with van der Waals surface area (Å²) in [6.07, 6.45) is 5.58. The standard InChI is InChI=1S/C21H39NO4/c1-5-16(2)7-8-18(4)20(23)13-17(3)15-26-12-6-10-22-11-9-19(14-22)21(24)25/h16-19H,5-15H2,1-4H3,(H,24,25). The molecule has 1 N–H and O–H groups in total. The fourth-order valence-corrected chi connectivity index (χ4v) is 3.42. The SMILES string of the molecule is CCC(C)CCC(C)C(=O)CC(C)COCCCN1CCC(C(=O)O)C1. The van der Waals surface area contributed by atoms with E-state index in [2.05, 4.69) is 32.6 Å². The minimum Gasteiger partial charge on any atom is -0.481 e. The van der Waals surface area contributed by atoms with Crippen LogP contribution in [-0.4, -0.2) is 54.6 Å². The van der Waals surface area contributed by atoms with Crippen molar-refractivity contribution in [3.8, 4) is 0 Å². The first-order valence-electron chi connectivity index (χ1n) is 10.4. The Labute approximate surface area is 159 Å². The Balaban J connectivity index is 2.06. The van der Waals surface area contributed by atoms with Crippen molar-refractivity contribution >= 4 is 11.8 Å². The normalized spacial score (nSPS) is 21.5. The molecule has 1 aliphatic heterocycles. The van der Waals surface area contributed by atoms with Crippen LogP contribution in [0.4, 0.5) is 0 Å². The number of carboxylic acid groups (broad SMARTS) is 1. The maximum Gasteiger partial charge on any atom is 0.307 e. The van der Waals surface area contributed by atoms with E-state index in [-0.39, 0.29) is 17.8 Å². The van der Waals surface area contributed by atoms with E-state index < -0.39 is 5.97 Å². The van der Waals surface area contributed by atoms with Gasteiger partial charge in [0.15, 0.2) is 0 Å². The second-order valence-electron chi connectivity index (χ2n) is 8.32. The molecule has 0 spiro atoms. The minimum atomic E-state index is -0.680. The Morgan fingerprint density at radius 1 is 1.19 bits per heavy atom. The first-order chi connectivity index (χ1) is 12.3. The maximum atomic E-state index is 12.3. The summed E-state index contributed by atoms with van der Waals surface area (Å²) in [4.78, 5) is 25.4. The topological polar surface area (TPSA) is 66.8 Å². The quantitative estimate of drug-likeness (QED) is 0.471. The predicted molar refractivity (Wildman–Crippen MR) is 104 cm³/mol. The van der Waals surface area contributed by atoms with Crippen LogP contribution in [0.1, 0.15) is 66.2 Å². The van der Waals surface area contributed by atoms with Gasteiger partial charge in [0.25, 0.3) is 0 Å². The molecule has 5 nitrogen and oxygen atoms in total. The molecule has 152 valence electrons. The lowest BCUT2D eigenvalue weighted by Crippen LogP contribution is -2.25. The van der Waals surface area contributed by atoms with Crippen molar-refractivity contribution in [3.63, 3.8) is 0 Å². The molecule has 1 fully saturated rings. The highest BCUT2D eigenvalue weighted by Crippen LogP contribution is 2.19. The van der Waals surface area contributed by atoms with Gasteiger partial charge < -0.3 is 14.7 Å². The molecule has 0 aliphatic carbocycles. The summed E-state index contributed by atoms with van der Waals surface area (Å²) in [6.45, 7) is 12.3. The van der Waals surface area contributed by atoms with Gasteiger partial charge in [-0.3, -0.25) is 9.59 Å². The van der Waals surface area contributed by atoms with Gasteiger partial charge in [-0.2, -0.15) is 0 Å². The Bertz CT molecular complexity index is 426. The number of hydrogen-bond acceptors (Lipinski definition) is 4. The number of carboxylic acids is 1. The number of Topliss-reactive ketones (excluding diaryl/α,β-unsaturated/α-hetero) is 1. The largest absolute Gasteiger partial charge is 0.481 e. The molecule has 1 saturated heterocycles. The highest BCUT2D eigenvalue weighted by Gasteiger charge is 2.27. The van der Waals surface area contributed by atoms with Gasteiger partial charge in [-0.15, -0.1) is 0 Å². The second kappa shape index (κ2) is 12.4. The fourth-order valence-electron chi connectivity index (χ4n) is 3.42. The molecule has 0 aromatic rings. The molecule has 0 saturated carbocycles. The molecule has 0 amide bonds. The van der Waals surface area contributed by atoms with Crippen molar-refractivity contribution in [2.24, 2.45) is 23.7 Å². The number of nitrogens with zero attached hydrogens (tertiary/aromatic N) is 1. The number of ether oxygens (including phenoxy) is 1. The third-order valence-electron chi connectivity index (χ3n) is 5.68. The highest BCUT2D eigenvalue weighted by atomic mass is 16.5. The zero-order chi connectivity index (χ0) is 19.5. The van der Waals surface area contributed by atoms with Gasteiger partial charge >= 0.3 is 5.97 Å². The molecule has 5 heteroatoms. The lowest BCUT2D eigenvalue weighted by atomic mass is 9.90. The third-order valence-corrected chi connectivity index (χ3v) is 5.68. The zero-order valence-electron chi connectivity index (χ0n) is 17.2. The summed E-state index contributed by atoms with van der Waals surface area (Å²) in [7, 11) is 0. The average Bonchev–Trinajstić information content (AvgIpc) is 3.08. The molecular formula is C21H39NO4. The van der Waals surface area contributed by atoms with Crippen molar-refractivity contribution in [3.05, 3.63) is 0 Å². The number of ketones is 1. The van der Waals surface area contributed by atoms with Gasteiger partial charge in [0.1, 0.15) is 5.78 Å². The Morgan fingerprint density at radius 2 is 1.92 bits per heavy atom. The maximum absolute atomic E-state index is 12.3. The lowest BCUT2D eigenvalue weighted by Gasteiger charge is -2.17. The van der Waals surface area contributed by atoms with Crippen LogP contribution >= 0.6 is 0 Å². The second-order valence-corrected chi connectivity index (χ2v) is 8.32. The Morgan fingerprint density at radius 3 is 2.54 bits per heavy atom. The van der Waals surface area contributed by atoms with Crippen LogP contribution in [0.25, 0.3) is 0 Å². The van der Waals surface area contributed by atoms with E-state index in [1.54, 1.807) is 0 Å². The first kappa shape index (κ1) is 23.1. The van der Waals surface area contributed by atoms with Crippen LogP contribution < -0.4 is 0 Å². The fraction of sp³-hybridized carbons (Fsp3) is 0.905. The van der Waals surface area contributed by atoms with Gasteiger partial charge in [0, 0.05) is 38.6 Å². The van der Waals surface area contributed by atoms with Crippen molar-refractivity contribution in [2.75, 3.05) is 32.8 Å². The van der Waals surface area contributed by atoms with Gasteiger partial charge in [-0.1, -0.05) is 40.5 Å². The van der Waals surface area contributed by atoms with Crippen LogP contribution in [0.15, 0.2) is 0 Å². The summed E-state index contributed by atoms with van der Waals surface area (Å²) in [5.41, 5.74) is 0. The molecule has 0 bridgehead atoms. The number of carbonyl (C=O) groups excluding carboxylic acids is 1. The van der Waals surface area contributed by atoms with E-state index in [1.807, 2.05) is 0 Å². The lowest BCUT2D eigenvalue weighted by molar-refractivity contribution is -0.141. The van der Waals surface area contributed by atoms with Gasteiger partial charge in [0.05, 0.1) is 5.92 Å². The Hall–Kier alpha value is -0.940. The Kier molecular flexibility index (Phi) is 11.1. The minimum absolute atomic E-state index is 0.156. The molecule has 1 rings (SSSR count). The van der Waals surface area contributed by atoms with Crippen molar-refractivity contribution < 1.29 is 19.4 Å². The van der Waals surface area contributed by atoms with Crippen LogP contribution in [0.3, 0.4) is 0 Å².